The molecule has 0 saturated carbocycles. The maximum absolute atomic E-state index is 14.0. The van der Waals surface area contributed by atoms with Crippen LogP contribution >= 0.6 is 11.6 Å². The van der Waals surface area contributed by atoms with Gasteiger partial charge in [-0.3, -0.25) is 19.4 Å². The molecule has 3 aromatic rings. The Balaban J connectivity index is 1.64. The molecular weight excluding hydrogens is 574 g/mol. The Morgan fingerprint density at radius 3 is 2.74 bits per heavy atom. The number of hydrogen-bond donors (Lipinski definition) is 3. The molecule has 1 aromatic heterocycles. The van der Waals surface area contributed by atoms with Crippen LogP contribution in [-0.2, 0) is 25.8 Å². The number of aldehydes is 1. The molecule has 0 radical (unpaired) electrons. The number of aromatic nitrogens is 1. The third kappa shape index (κ3) is 7.75. The molecule has 0 bridgehead atoms. The normalized spacial score (nSPS) is 16.4. The average molecular weight is 605 g/mol. The van der Waals surface area contributed by atoms with Gasteiger partial charge in [0.2, 0.25) is 18.1 Å². The van der Waals surface area contributed by atoms with Crippen molar-refractivity contribution in [3.63, 3.8) is 0 Å². The van der Waals surface area contributed by atoms with Crippen molar-refractivity contribution in [2.45, 2.75) is 44.5 Å². The summed E-state index contributed by atoms with van der Waals surface area (Å²) >= 11 is 6.12. The number of carbonyl (C=O) groups is 3. The van der Waals surface area contributed by atoms with Gasteiger partial charge in [0, 0.05) is 51.2 Å². The summed E-state index contributed by atoms with van der Waals surface area (Å²) in [5.41, 5.74) is 3.82. The molecule has 3 atom stereocenters. The van der Waals surface area contributed by atoms with Gasteiger partial charge in [0.1, 0.15) is 24.0 Å². The number of piperazine rings is 1. The SMILES string of the molecule is CC(=O)N(NCc1cccc(F)c1Cl)[C@@H](CCC=O)C(ON(C=O)c1cc(-c2cccc(F)c2)on1)C1CNCCN1. The van der Waals surface area contributed by atoms with E-state index in [9.17, 15) is 23.2 Å². The number of nitrogens with zero attached hydrogens (tertiary/aromatic N) is 3. The van der Waals surface area contributed by atoms with Crippen LogP contribution in [0.25, 0.3) is 11.3 Å². The van der Waals surface area contributed by atoms with E-state index in [1.165, 1.54) is 48.3 Å². The molecule has 14 heteroatoms. The number of anilines is 1. The Morgan fingerprint density at radius 1 is 1.24 bits per heavy atom. The summed E-state index contributed by atoms with van der Waals surface area (Å²) < 4.78 is 33.1. The lowest BCUT2D eigenvalue weighted by Gasteiger charge is -2.42. The van der Waals surface area contributed by atoms with Crippen molar-refractivity contribution in [2.24, 2.45) is 0 Å². The number of halogens is 3. The van der Waals surface area contributed by atoms with Crippen LogP contribution < -0.4 is 21.1 Å². The lowest BCUT2D eigenvalue weighted by atomic mass is 9.97. The molecule has 1 saturated heterocycles. The summed E-state index contributed by atoms with van der Waals surface area (Å²) in [5, 5.41) is 12.6. The number of amides is 2. The van der Waals surface area contributed by atoms with Crippen LogP contribution in [0.5, 0.6) is 0 Å². The van der Waals surface area contributed by atoms with Gasteiger partial charge >= 0.3 is 0 Å². The quantitative estimate of drug-likeness (QED) is 0.188. The Labute approximate surface area is 246 Å². The van der Waals surface area contributed by atoms with Crippen LogP contribution in [0.2, 0.25) is 5.02 Å². The number of hydroxylamine groups is 1. The fourth-order valence-electron chi connectivity index (χ4n) is 4.73. The van der Waals surface area contributed by atoms with E-state index in [1.54, 1.807) is 12.1 Å². The smallest absolute Gasteiger partial charge is 0.239 e. The maximum atomic E-state index is 14.0. The highest BCUT2D eigenvalue weighted by Gasteiger charge is 2.39. The van der Waals surface area contributed by atoms with Gasteiger partial charge in [0.05, 0.1) is 17.1 Å². The van der Waals surface area contributed by atoms with Gasteiger partial charge < -0.3 is 20.0 Å². The van der Waals surface area contributed by atoms with Crippen molar-refractivity contribution in [3.05, 3.63) is 70.8 Å². The highest BCUT2D eigenvalue weighted by Crippen LogP contribution is 2.27. The molecule has 11 nitrogen and oxygen atoms in total. The van der Waals surface area contributed by atoms with Crippen molar-refractivity contribution < 1.29 is 32.5 Å². The molecule has 2 unspecified atom stereocenters. The number of hydrogen-bond acceptors (Lipinski definition) is 9. The molecule has 3 N–H and O–H groups in total. The van der Waals surface area contributed by atoms with Crippen molar-refractivity contribution in [1.29, 1.82) is 0 Å². The molecule has 2 aromatic carbocycles. The van der Waals surface area contributed by atoms with Crippen LogP contribution in [0.3, 0.4) is 0 Å². The number of hydrazine groups is 1. The largest absolute Gasteiger partial charge is 0.354 e. The topological polar surface area (TPSA) is 129 Å². The molecule has 1 aliphatic heterocycles. The highest BCUT2D eigenvalue weighted by atomic mass is 35.5. The first-order chi connectivity index (χ1) is 20.3. The maximum Gasteiger partial charge on any atom is 0.239 e. The van der Waals surface area contributed by atoms with Gasteiger partial charge in [-0.15, -0.1) is 0 Å². The molecule has 42 heavy (non-hydrogen) atoms. The molecule has 1 aliphatic rings. The number of rotatable bonds is 14. The van der Waals surface area contributed by atoms with Crippen molar-refractivity contribution in [3.8, 4) is 11.3 Å². The number of nitrogens with one attached hydrogen (secondary N) is 3. The number of benzene rings is 2. The monoisotopic (exact) mass is 604 g/mol. The van der Waals surface area contributed by atoms with E-state index in [4.69, 9.17) is 21.0 Å². The van der Waals surface area contributed by atoms with Crippen molar-refractivity contribution in [1.82, 2.24) is 26.2 Å². The summed E-state index contributed by atoms with van der Waals surface area (Å²) in [7, 11) is 0. The van der Waals surface area contributed by atoms with E-state index in [1.807, 2.05) is 0 Å². The minimum atomic E-state index is -0.906. The summed E-state index contributed by atoms with van der Waals surface area (Å²) in [6, 6.07) is 10.2. The second-order valence-corrected chi connectivity index (χ2v) is 9.95. The summed E-state index contributed by atoms with van der Waals surface area (Å²) in [6.45, 7) is 3.01. The minimum Gasteiger partial charge on any atom is -0.354 e. The summed E-state index contributed by atoms with van der Waals surface area (Å²) in [6.07, 6.45) is 0.447. The molecule has 2 heterocycles. The molecular formula is C28H31ClF2N6O5. The molecule has 4 rings (SSSR count). The first-order valence-electron chi connectivity index (χ1n) is 13.3. The van der Waals surface area contributed by atoms with E-state index >= 15 is 0 Å². The fraction of sp³-hybridized carbons (Fsp3) is 0.357. The first-order valence-corrected chi connectivity index (χ1v) is 13.7. The molecule has 0 spiro atoms. The van der Waals surface area contributed by atoms with E-state index < -0.39 is 35.7 Å². The van der Waals surface area contributed by atoms with E-state index in [0.29, 0.717) is 37.2 Å². The van der Waals surface area contributed by atoms with Crippen LogP contribution in [0.1, 0.15) is 25.3 Å². The fourth-order valence-corrected chi connectivity index (χ4v) is 4.92. The third-order valence-electron chi connectivity index (χ3n) is 6.73. The third-order valence-corrected chi connectivity index (χ3v) is 7.16. The average Bonchev–Trinajstić information content (AvgIpc) is 3.48. The molecule has 1 fully saturated rings. The summed E-state index contributed by atoms with van der Waals surface area (Å²) in [4.78, 5) is 42.9. The zero-order valence-electron chi connectivity index (χ0n) is 22.8. The first kappa shape index (κ1) is 31.2. The van der Waals surface area contributed by atoms with E-state index in [2.05, 4.69) is 21.2 Å². The lowest BCUT2D eigenvalue weighted by molar-refractivity contribution is -0.144. The molecule has 0 aliphatic carbocycles. The van der Waals surface area contributed by atoms with Gasteiger partial charge in [-0.05, 0) is 30.2 Å². The van der Waals surface area contributed by atoms with E-state index in [0.717, 1.165) is 11.3 Å². The Bertz CT molecular complexity index is 1370. The van der Waals surface area contributed by atoms with Gasteiger partial charge in [0.25, 0.3) is 0 Å². The van der Waals surface area contributed by atoms with Crippen molar-refractivity contribution in [2.75, 3.05) is 24.7 Å². The second-order valence-electron chi connectivity index (χ2n) is 9.57. The standard InChI is InChI=1S/C28H31ClF2N6O5/c1-18(40)37(34-15-20-6-3-8-22(31)27(20)29)24(9-4-12-38)28(23-16-32-10-11-33-23)42-36(17-39)26-14-25(41-35-26)19-5-2-7-21(30)13-19/h2-3,5-8,12-14,17,23-24,28,32-34H,4,9-11,15-16H2,1H3/t23?,24-,28?/m0/s1. The van der Waals surface area contributed by atoms with Gasteiger partial charge in [-0.25, -0.2) is 14.2 Å². The Hall–Kier alpha value is -3.75. The van der Waals surface area contributed by atoms with Crippen LogP contribution in [0.15, 0.2) is 53.1 Å². The van der Waals surface area contributed by atoms with Gasteiger partial charge in [-0.1, -0.05) is 41.0 Å². The zero-order valence-corrected chi connectivity index (χ0v) is 23.5. The lowest BCUT2D eigenvalue weighted by Crippen LogP contribution is -2.64. The van der Waals surface area contributed by atoms with Crippen molar-refractivity contribution >= 4 is 36.0 Å². The molecule has 2 amide bonds. The van der Waals surface area contributed by atoms with E-state index in [-0.39, 0.29) is 36.0 Å². The zero-order chi connectivity index (χ0) is 30.1. The predicted molar refractivity (Wildman–Crippen MR) is 150 cm³/mol. The second kappa shape index (κ2) is 14.9. The van der Waals surface area contributed by atoms with Gasteiger partial charge in [0.15, 0.2) is 5.76 Å². The highest BCUT2D eigenvalue weighted by molar-refractivity contribution is 6.31. The van der Waals surface area contributed by atoms with Crippen LogP contribution in [0.4, 0.5) is 14.6 Å². The molecule has 224 valence electrons. The minimum absolute atomic E-state index is 0.00545. The van der Waals surface area contributed by atoms with Crippen LogP contribution in [0, 0.1) is 11.6 Å². The van der Waals surface area contributed by atoms with Crippen LogP contribution in [-0.4, -0.2) is 66.6 Å². The van der Waals surface area contributed by atoms with Gasteiger partial charge in [-0.2, -0.15) is 5.06 Å². The predicted octanol–water partition coefficient (Wildman–Crippen LogP) is 3.00. The Kier molecular flexibility index (Phi) is 11.1. The number of carbonyl (C=O) groups excluding carboxylic acids is 3. The Morgan fingerprint density at radius 2 is 2.05 bits per heavy atom. The summed E-state index contributed by atoms with van der Waals surface area (Å²) in [5.74, 6) is -1.30.